The first-order chi connectivity index (χ1) is 7.97. The van der Waals surface area contributed by atoms with Crippen LogP contribution in [-0.4, -0.2) is 41.0 Å². The van der Waals surface area contributed by atoms with Crippen molar-refractivity contribution in [2.45, 2.75) is 51.1 Å². The maximum Gasteiger partial charge on any atom is 0.326 e. The van der Waals surface area contributed by atoms with E-state index in [1.807, 2.05) is 0 Å². The maximum atomic E-state index is 12.2. The molecule has 1 fully saturated rings. The smallest absolute Gasteiger partial charge is 0.326 e. The lowest BCUT2D eigenvalue weighted by molar-refractivity contribution is -0.151. The summed E-state index contributed by atoms with van der Waals surface area (Å²) in [4.78, 5) is 24.5. The van der Waals surface area contributed by atoms with Gasteiger partial charge < -0.3 is 15.7 Å². The summed E-state index contributed by atoms with van der Waals surface area (Å²) in [6, 6.07) is -0.642. The number of carbonyl (C=O) groups is 2. The SMILES string of the molecule is CCC(C(=O)O)N(C)C(=O)C1CCCC(N)C1. The van der Waals surface area contributed by atoms with Gasteiger partial charge in [0.25, 0.3) is 0 Å². The molecule has 0 saturated heterocycles. The number of rotatable bonds is 4. The van der Waals surface area contributed by atoms with Crippen molar-refractivity contribution in [3.63, 3.8) is 0 Å². The van der Waals surface area contributed by atoms with Crippen LogP contribution in [-0.2, 0) is 9.59 Å². The predicted octanol–water partition coefficient (Wildman–Crippen LogP) is 0.825. The highest BCUT2D eigenvalue weighted by Crippen LogP contribution is 2.25. The quantitative estimate of drug-likeness (QED) is 0.764. The molecule has 3 unspecified atom stereocenters. The summed E-state index contributed by atoms with van der Waals surface area (Å²) in [5, 5.41) is 9.02. The van der Waals surface area contributed by atoms with E-state index in [0.717, 1.165) is 19.3 Å². The van der Waals surface area contributed by atoms with E-state index in [1.54, 1.807) is 14.0 Å². The van der Waals surface area contributed by atoms with Crippen molar-refractivity contribution >= 4 is 11.9 Å². The number of likely N-dealkylation sites (N-methyl/N-ethyl adjacent to an activating group) is 1. The van der Waals surface area contributed by atoms with Gasteiger partial charge in [0, 0.05) is 19.0 Å². The summed E-state index contributed by atoms with van der Waals surface area (Å²) in [6.07, 6.45) is 3.85. The lowest BCUT2D eigenvalue weighted by Crippen LogP contribution is -2.46. The van der Waals surface area contributed by atoms with Crippen molar-refractivity contribution in [2.24, 2.45) is 11.7 Å². The van der Waals surface area contributed by atoms with Gasteiger partial charge in [-0.3, -0.25) is 4.79 Å². The van der Waals surface area contributed by atoms with Gasteiger partial charge >= 0.3 is 5.97 Å². The first-order valence-electron chi connectivity index (χ1n) is 6.22. The highest BCUT2D eigenvalue weighted by molar-refractivity contribution is 5.84. The molecular weight excluding hydrogens is 220 g/mol. The molecule has 0 bridgehead atoms. The zero-order chi connectivity index (χ0) is 13.0. The third-order valence-corrected chi connectivity index (χ3v) is 3.55. The molecule has 1 aliphatic rings. The van der Waals surface area contributed by atoms with Crippen LogP contribution in [0.5, 0.6) is 0 Å². The second-order valence-corrected chi connectivity index (χ2v) is 4.84. The fourth-order valence-corrected chi connectivity index (χ4v) is 2.51. The Hall–Kier alpha value is -1.10. The van der Waals surface area contributed by atoms with Crippen LogP contribution in [0.25, 0.3) is 0 Å². The number of amides is 1. The molecule has 1 amide bonds. The van der Waals surface area contributed by atoms with Gasteiger partial charge in [0.15, 0.2) is 0 Å². The standard InChI is InChI=1S/C12H22N2O3/c1-3-10(12(16)17)14(2)11(15)8-5-4-6-9(13)7-8/h8-10H,3-7,13H2,1-2H3,(H,16,17). The molecule has 17 heavy (non-hydrogen) atoms. The first-order valence-corrected chi connectivity index (χ1v) is 6.22. The van der Waals surface area contributed by atoms with Gasteiger partial charge in [-0.1, -0.05) is 13.3 Å². The predicted molar refractivity (Wildman–Crippen MR) is 64.4 cm³/mol. The van der Waals surface area contributed by atoms with Crippen molar-refractivity contribution in [1.29, 1.82) is 0 Å². The Labute approximate surface area is 102 Å². The minimum absolute atomic E-state index is 0.0746. The number of aliphatic carboxylic acids is 1. The largest absolute Gasteiger partial charge is 0.480 e. The molecule has 0 aromatic rings. The van der Waals surface area contributed by atoms with Gasteiger partial charge in [0.2, 0.25) is 5.91 Å². The Kier molecular flexibility index (Phi) is 4.93. The van der Waals surface area contributed by atoms with Gasteiger partial charge in [-0.15, -0.1) is 0 Å². The molecule has 0 aliphatic heterocycles. The topological polar surface area (TPSA) is 83.6 Å². The molecule has 3 N–H and O–H groups in total. The van der Waals surface area contributed by atoms with Crippen LogP contribution in [0.4, 0.5) is 0 Å². The fraction of sp³-hybridized carbons (Fsp3) is 0.833. The van der Waals surface area contributed by atoms with E-state index in [9.17, 15) is 9.59 Å². The van der Waals surface area contributed by atoms with Gasteiger partial charge in [0.05, 0.1) is 0 Å². The molecule has 98 valence electrons. The number of hydrogen-bond donors (Lipinski definition) is 2. The van der Waals surface area contributed by atoms with Crippen molar-refractivity contribution in [3.8, 4) is 0 Å². The third kappa shape index (κ3) is 3.43. The summed E-state index contributed by atoms with van der Waals surface area (Å²) >= 11 is 0. The van der Waals surface area contributed by atoms with Crippen LogP contribution in [0, 0.1) is 5.92 Å². The molecule has 3 atom stereocenters. The van der Waals surface area contributed by atoms with Gasteiger partial charge in [-0.25, -0.2) is 4.79 Å². The molecule has 5 heteroatoms. The van der Waals surface area contributed by atoms with Gasteiger partial charge in [0.1, 0.15) is 6.04 Å². The van der Waals surface area contributed by atoms with Crippen LogP contribution < -0.4 is 5.73 Å². The summed E-state index contributed by atoms with van der Waals surface area (Å²) in [7, 11) is 1.57. The monoisotopic (exact) mass is 242 g/mol. The lowest BCUT2D eigenvalue weighted by Gasteiger charge is -2.31. The zero-order valence-corrected chi connectivity index (χ0v) is 10.6. The maximum absolute atomic E-state index is 12.2. The van der Waals surface area contributed by atoms with Crippen molar-refractivity contribution in [3.05, 3.63) is 0 Å². The number of carboxylic acids is 1. The number of carbonyl (C=O) groups excluding carboxylic acids is 1. The van der Waals surface area contributed by atoms with Crippen LogP contribution in [0.3, 0.4) is 0 Å². The molecule has 1 aliphatic carbocycles. The molecule has 0 aromatic carbocycles. The van der Waals surface area contributed by atoms with E-state index in [1.165, 1.54) is 4.90 Å². The number of nitrogens with zero attached hydrogens (tertiary/aromatic N) is 1. The Morgan fingerprint density at radius 1 is 1.47 bits per heavy atom. The molecule has 0 radical (unpaired) electrons. The highest BCUT2D eigenvalue weighted by atomic mass is 16.4. The van der Waals surface area contributed by atoms with E-state index in [4.69, 9.17) is 10.8 Å². The summed E-state index contributed by atoms with van der Waals surface area (Å²) in [5.74, 6) is -1.12. The minimum atomic E-state index is -0.941. The van der Waals surface area contributed by atoms with Crippen molar-refractivity contribution < 1.29 is 14.7 Å². The van der Waals surface area contributed by atoms with E-state index in [0.29, 0.717) is 12.8 Å². The Bertz CT molecular complexity index is 293. The molecule has 1 rings (SSSR count). The molecule has 0 heterocycles. The van der Waals surface area contributed by atoms with E-state index < -0.39 is 12.0 Å². The Morgan fingerprint density at radius 2 is 2.12 bits per heavy atom. The zero-order valence-electron chi connectivity index (χ0n) is 10.6. The first kappa shape index (κ1) is 14.0. The van der Waals surface area contributed by atoms with Gasteiger partial charge in [-0.2, -0.15) is 0 Å². The third-order valence-electron chi connectivity index (χ3n) is 3.55. The van der Waals surface area contributed by atoms with Crippen LogP contribution in [0.2, 0.25) is 0 Å². The summed E-state index contributed by atoms with van der Waals surface area (Å²) in [6.45, 7) is 1.77. The Balaban J connectivity index is 2.64. The lowest BCUT2D eigenvalue weighted by atomic mass is 9.85. The van der Waals surface area contributed by atoms with Crippen LogP contribution in [0.15, 0.2) is 0 Å². The molecule has 1 saturated carbocycles. The number of carboxylic acid groups (broad SMARTS) is 1. The second-order valence-electron chi connectivity index (χ2n) is 4.84. The molecular formula is C12H22N2O3. The van der Waals surface area contributed by atoms with E-state index in [-0.39, 0.29) is 17.9 Å². The van der Waals surface area contributed by atoms with Crippen LogP contribution >= 0.6 is 0 Å². The summed E-state index contributed by atoms with van der Waals surface area (Å²) < 4.78 is 0. The van der Waals surface area contributed by atoms with Crippen molar-refractivity contribution in [2.75, 3.05) is 7.05 Å². The number of nitrogens with two attached hydrogens (primary N) is 1. The highest BCUT2D eigenvalue weighted by Gasteiger charge is 2.32. The number of hydrogen-bond acceptors (Lipinski definition) is 3. The average Bonchev–Trinajstić information content (AvgIpc) is 2.28. The van der Waals surface area contributed by atoms with Gasteiger partial charge in [-0.05, 0) is 25.7 Å². The second kappa shape index (κ2) is 6.00. The van der Waals surface area contributed by atoms with E-state index >= 15 is 0 Å². The minimum Gasteiger partial charge on any atom is -0.480 e. The van der Waals surface area contributed by atoms with E-state index in [2.05, 4.69) is 0 Å². The normalized spacial score (nSPS) is 26.3. The van der Waals surface area contributed by atoms with Crippen LogP contribution in [0.1, 0.15) is 39.0 Å². The summed E-state index contributed by atoms with van der Waals surface area (Å²) in [5.41, 5.74) is 5.84. The molecule has 0 aromatic heterocycles. The Morgan fingerprint density at radius 3 is 2.59 bits per heavy atom. The average molecular weight is 242 g/mol. The molecule has 5 nitrogen and oxygen atoms in total. The van der Waals surface area contributed by atoms with Crippen molar-refractivity contribution in [1.82, 2.24) is 4.90 Å². The molecule has 0 spiro atoms. The fourth-order valence-electron chi connectivity index (χ4n) is 2.51.